The quantitative estimate of drug-likeness (QED) is 0.640. The molecule has 0 saturated carbocycles. The van der Waals surface area contributed by atoms with Crippen LogP contribution in [0.2, 0.25) is 0 Å². The highest BCUT2D eigenvalue weighted by Gasteiger charge is 2.16. The third kappa shape index (κ3) is 6.26. The molecular formula is C22H29NO2. The fourth-order valence-corrected chi connectivity index (χ4v) is 2.63. The fraction of sp³-hybridized carbons (Fsp3) is 0.409. The average molecular weight is 339 g/mol. The highest BCUT2D eigenvalue weighted by molar-refractivity contribution is 5.78. The molecule has 3 heteroatoms. The molecule has 2 rings (SSSR count). The highest BCUT2D eigenvalue weighted by Crippen LogP contribution is 2.17. The van der Waals surface area contributed by atoms with E-state index in [0.717, 1.165) is 36.3 Å². The Labute approximate surface area is 151 Å². The molecule has 0 fully saturated rings. The van der Waals surface area contributed by atoms with E-state index in [2.05, 4.69) is 19.1 Å². The molecule has 0 aromatic heterocycles. The molecule has 0 spiro atoms. The Morgan fingerprint density at radius 3 is 2.28 bits per heavy atom. The zero-order chi connectivity index (χ0) is 18.1. The van der Waals surface area contributed by atoms with Crippen LogP contribution in [0, 0.1) is 5.92 Å². The first-order valence-electron chi connectivity index (χ1n) is 9.14. The maximum Gasteiger partial charge on any atom is 0.225 e. The van der Waals surface area contributed by atoms with Crippen molar-refractivity contribution in [3.63, 3.8) is 0 Å². The monoisotopic (exact) mass is 339 g/mol. The molecule has 0 aliphatic rings. The highest BCUT2D eigenvalue weighted by atomic mass is 16.5. The predicted molar refractivity (Wildman–Crippen MR) is 102 cm³/mol. The Morgan fingerprint density at radius 1 is 1.00 bits per heavy atom. The van der Waals surface area contributed by atoms with Gasteiger partial charge in [-0.15, -0.1) is 0 Å². The minimum absolute atomic E-state index is 0.0327. The summed E-state index contributed by atoms with van der Waals surface area (Å²) in [7, 11) is 0. The van der Waals surface area contributed by atoms with Crippen LogP contribution in [0.3, 0.4) is 0 Å². The van der Waals surface area contributed by atoms with Crippen LogP contribution >= 0.6 is 0 Å². The molecule has 3 nitrogen and oxygen atoms in total. The molecule has 0 atom stereocenters. The molecule has 2 aromatic rings. The van der Waals surface area contributed by atoms with Crippen molar-refractivity contribution in [3.8, 4) is 5.75 Å². The minimum atomic E-state index is 0.0327. The number of hydrogen-bond donors (Lipinski definition) is 0. The number of rotatable bonds is 9. The average Bonchev–Trinajstić information content (AvgIpc) is 2.64. The standard InChI is InChI=1S/C22H29NO2/c1-4-5-15-23(22(24)18(2)3)16-19-11-13-21(14-12-19)25-17-20-9-7-6-8-10-20/h6-14,18H,4-5,15-17H2,1-3H3. The van der Waals surface area contributed by atoms with Crippen molar-refractivity contribution in [2.75, 3.05) is 6.54 Å². The summed E-state index contributed by atoms with van der Waals surface area (Å²) in [6.45, 7) is 8.12. The van der Waals surface area contributed by atoms with E-state index < -0.39 is 0 Å². The van der Waals surface area contributed by atoms with Gasteiger partial charge in [-0.2, -0.15) is 0 Å². The maximum absolute atomic E-state index is 12.4. The van der Waals surface area contributed by atoms with Crippen LogP contribution < -0.4 is 4.74 Å². The summed E-state index contributed by atoms with van der Waals surface area (Å²) in [5, 5.41) is 0. The molecule has 0 aliphatic heterocycles. The van der Waals surface area contributed by atoms with E-state index in [1.165, 1.54) is 0 Å². The van der Waals surface area contributed by atoms with Crippen LogP contribution in [0.5, 0.6) is 5.75 Å². The Morgan fingerprint density at radius 2 is 1.68 bits per heavy atom. The zero-order valence-corrected chi connectivity index (χ0v) is 15.6. The van der Waals surface area contributed by atoms with Gasteiger partial charge in [0.1, 0.15) is 12.4 Å². The number of benzene rings is 2. The predicted octanol–water partition coefficient (Wildman–Crippen LogP) is 5.05. The van der Waals surface area contributed by atoms with Gasteiger partial charge in [0.15, 0.2) is 0 Å². The van der Waals surface area contributed by atoms with Gasteiger partial charge >= 0.3 is 0 Å². The lowest BCUT2D eigenvalue weighted by atomic mass is 10.1. The second-order valence-corrected chi connectivity index (χ2v) is 6.69. The molecule has 0 saturated heterocycles. The minimum Gasteiger partial charge on any atom is -0.489 e. The molecule has 0 aliphatic carbocycles. The molecular weight excluding hydrogens is 310 g/mol. The lowest BCUT2D eigenvalue weighted by Crippen LogP contribution is -2.34. The first kappa shape index (κ1) is 19.0. The van der Waals surface area contributed by atoms with Gasteiger partial charge < -0.3 is 9.64 Å². The van der Waals surface area contributed by atoms with Crippen molar-refractivity contribution < 1.29 is 9.53 Å². The third-order valence-corrected chi connectivity index (χ3v) is 4.13. The van der Waals surface area contributed by atoms with Crippen molar-refractivity contribution in [1.29, 1.82) is 0 Å². The van der Waals surface area contributed by atoms with Crippen LogP contribution in [-0.2, 0) is 17.9 Å². The Balaban J connectivity index is 1.94. The smallest absolute Gasteiger partial charge is 0.225 e. The van der Waals surface area contributed by atoms with Crippen molar-refractivity contribution in [1.82, 2.24) is 4.90 Å². The van der Waals surface area contributed by atoms with Crippen LogP contribution in [0.25, 0.3) is 0 Å². The second-order valence-electron chi connectivity index (χ2n) is 6.69. The van der Waals surface area contributed by atoms with Crippen LogP contribution in [0.1, 0.15) is 44.7 Å². The van der Waals surface area contributed by atoms with E-state index in [4.69, 9.17) is 4.74 Å². The summed E-state index contributed by atoms with van der Waals surface area (Å²) in [5.41, 5.74) is 2.29. The number of amides is 1. The summed E-state index contributed by atoms with van der Waals surface area (Å²) in [6, 6.07) is 18.2. The largest absolute Gasteiger partial charge is 0.489 e. The summed E-state index contributed by atoms with van der Waals surface area (Å²) in [4.78, 5) is 14.3. The number of hydrogen-bond acceptors (Lipinski definition) is 2. The summed E-state index contributed by atoms with van der Waals surface area (Å²) in [6.07, 6.45) is 2.13. The SMILES string of the molecule is CCCCN(Cc1ccc(OCc2ccccc2)cc1)C(=O)C(C)C. The van der Waals surface area contributed by atoms with Gasteiger partial charge in [0.2, 0.25) is 5.91 Å². The second kappa shape index (κ2) is 9.87. The van der Waals surface area contributed by atoms with Crippen molar-refractivity contribution in [3.05, 3.63) is 65.7 Å². The zero-order valence-electron chi connectivity index (χ0n) is 15.6. The number of carbonyl (C=O) groups is 1. The van der Waals surface area contributed by atoms with Crippen molar-refractivity contribution in [2.24, 2.45) is 5.92 Å². The van der Waals surface area contributed by atoms with E-state index in [9.17, 15) is 4.79 Å². The third-order valence-electron chi connectivity index (χ3n) is 4.13. The lowest BCUT2D eigenvalue weighted by Gasteiger charge is -2.24. The number of nitrogens with zero attached hydrogens (tertiary/aromatic N) is 1. The first-order chi connectivity index (χ1) is 12.1. The van der Waals surface area contributed by atoms with E-state index in [0.29, 0.717) is 13.2 Å². The number of carbonyl (C=O) groups excluding carboxylic acids is 1. The van der Waals surface area contributed by atoms with Crippen LogP contribution in [0.15, 0.2) is 54.6 Å². The van der Waals surface area contributed by atoms with Crippen molar-refractivity contribution in [2.45, 2.75) is 46.8 Å². The molecule has 0 N–H and O–H groups in total. The van der Waals surface area contributed by atoms with Gasteiger partial charge in [0.25, 0.3) is 0 Å². The van der Waals surface area contributed by atoms with Crippen LogP contribution in [0.4, 0.5) is 0 Å². The van der Waals surface area contributed by atoms with E-state index in [-0.39, 0.29) is 11.8 Å². The normalized spacial score (nSPS) is 10.7. The molecule has 0 radical (unpaired) electrons. The molecule has 134 valence electrons. The van der Waals surface area contributed by atoms with Gasteiger partial charge in [0, 0.05) is 19.0 Å². The molecule has 1 amide bonds. The molecule has 2 aromatic carbocycles. The van der Waals surface area contributed by atoms with Gasteiger partial charge in [-0.1, -0.05) is 69.7 Å². The first-order valence-corrected chi connectivity index (χ1v) is 9.14. The molecule has 25 heavy (non-hydrogen) atoms. The van der Waals surface area contributed by atoms with Crippen molar-refractivity contribution >= 4 is 5.91 Å². The topological polar surface area (TPSA) is 29.5 Å². The van der Waals surface area contributed by atoms with Crippen LogP contribution in [-0.4, -0.2) is 17.4 Å². The van der Waals surface area contributed by atoms with E-state index in [1.54, 1.807) is 0 Å². The van der Waals surface area contributed by atoms with Gasteiger partial charge in [-0.05, 0) is 29.7 Å². The summed E-state index contributed by atoms with van der Waals surface area (Å²) < 4.78 is 5.82. The maximum atomic E-state index is 12.4. The molecule has 0 unspecified atom stereocenters. The van der Waals surface area contributed by atoms with Gasteiger partial charge in [0.05, 0.1) is 0 Å². The number of ether oxygens (including phenoxy) is 1. The number of unbranched alkanes of at least 4 members (excludes halogenated alkanes) is 1. The Bertz CT molecular complexity index is 635. The molecule has 0 bridgehead atoms. The van der Waals surface area contributed by atoms with E-state index in [1.807, 2.05) is 61.2 Å². The summed E-state index contributed by atoms with van der Waals surface area (Å²) >= 11 is 0. The summed E-state index contributed by atoms with van der Waals surface area (Å²) in [5.74, 6) is 1.10. The lowest BCUT2D eigenvalue weighted by molar-refractivity contribution is -0.135. The fourth-order valence-electron chi connectivity index (χ4n) is 2.63. The molecule has 0 heterocycles. The Hall–Kier alpha value is -2.29. The van der Waals surface area contributed by atoms with E-state index >= 15 is 0 Å². The van der Waals surface area contributed by atoms with Gasteiger partial charge in [-0.3, -0.25) is 4.79 Å². The van der Waals surface area contributed by atoms with Gasteiger partial charge in [-0.25, -0.2) is 0 Å². The Kier molecular flexibility index (Phi) is 7.52.